The van der Waals surface area contributed by atoms with Gasteiger partial charge < -0.3 is 10.4 Å². The first-order valence-corrected chi connectivity index (χ1v) is 7.92. The quantitative estimate of drug-likeness (QED) is 0.770. The van der Waals surface area contributed by atoms with Gasteiger partial charge in [0.05, 0.1) is 6.42 Å². The number of nitrogens with one attached hydrogen (secondary N) is 1. The zero-order valence-electron chi connectivity index (χ0n) is 14.2. The first-order chi connectivity index (χ1) is 10.6. The van der Waals surface area contributed by atoms with Crippen molar-refractivity contribution in [2.45, 2.75) is 52.5 Å². The molecule has 23 heavy (non-hydrogen) atoms. The van der Waals surface area contributed by atoms with E-state index in [1.165, 1.54) is 12.1 Å². The number of aliphatic carboxylic acids is 1. The zero-order chi connectivity index (χ0) is 17.6. The van der Waals surface area contributed by atoms with Crippen LogP contribution in [0.4, 0.5) is 4.39 Å². The highest BCUT2D eigenvalue weighted by atomic mass is 19.1. The SMILES string of the molecule is CC(CCc1cccc(F)c1)C(=O)NC(C)(CC(=O)O)C(C)C. The fourth-order valence-electron chi connectivity index (χ4n) is 2.32. The van der Waals surface area contributed by atoms with Crippen molar-refractivity contribution in [2.75, 3.05) is 0 Å². The maximum atomic E-state index is 13.1. The van der Waals surface area contributed by atoms with Crippen LogP contribution >= 0.6 is 0 Å². The fourth-order valence-corrected chi connectivity index (χ4v) is 2.32. The second kappa shape index (κ2) is 8.09. The van der Waals surface area contributed by atoms with Gasteiger partial charge in [0.1, 0.15) is 5.82 Å². The lowest BCUT2D eigenvalue weighted by Crippen LogP contribution is -2.52. The van der Waals surface area contributed by atoms with Crippen molar-refractivity contribution in [3.63, 3.8) is 0 Å². The molecular formula is C18H26FNO3. The summed E-state index contributed by atoms with van der Waals surface area (Å²) in [5.41, 5.74) is 0.0672. The number of carbonyl (C=O) groups is 2. The van der Waals surface area contributed by atoms with Crippen molar-refractivity contribution in [3.8, 4) is 0 Å². The summed E-state index contributed by atoms with van der Waals surface area (Å²) in [6.07, 6.45) is 1.06. The van der Waals surface area contributed by atoms with Crippen LogP contribution in [-0.4, -0.2) is 22.5 Å². The van der Waals surface area contributed by atoms with Gasteiger partial charge in [0.2, 0.25) is 5.91 Å². The Balaban J connectivity index is 2.63. The number of aryl methyl sites for hydroxylation is 1. The molecular weight excluding hydrogens is 297 g/mol. The van der Waals surface area contributed by atoms with E-state index in [0.717, 1.165) is 5.56 Å². The Kier molecular flexibility index (Phi) is 6.73. The molecule has 2 atom stereocenters. The number of rotatable bonds is 8. The van der Waals surface area contributed by atoms with Crippen LogP contribution in [0.25, 0.3) is 0 Å². The van der Waals surface area contributed by atoms with E-state index in [1.807, 2.05) is 19.9 Å². The first kappa shape index (κ1) is 19.1. The Morgan fingerprint density at radius 1 is 1.30 bits per heavy atom. The molecule has 2 unspecified atom stereocenters. The number of halogens is 1. The van der Waals surface area contributed by atoms with E-state index >= 15 is 0 Å². The highest BCUT2D eigenvalue weighted by molar-refractivity contribution is 5.80. The number of benzene rings is 1. The molecule has 0 fully saturated rings. The first-order valence-electron chi connectivity index (χ1n) is 7.92. The molecule has 0 aliphatic carbocycles. The maximum absolute atomic E-state index is 13.1. The molecule has 0 radical (unpaired) electrons. The fraction of sp³-hybridized carbons (Fsp3) is 0.556. The van der Waals surface area contributed by atoms with Gasteiger partial charge in [-0.05, 0) is 43.4 Å². The Bertz CT molecular complexity index is 559. The number of hydrogen-bond acceptors (Lipinski definition) is 2. The van der Waals surface area contributed by atoms with E-state index < -0.39 is 11.5 Å². The standard InChI is InChI=1S/C18H26FNO3/c1-12(2)18(4,11-16(21)22)20-17(23)13(3)8-9-14-6-5-7-15(19)10-14/h5-7,10,12-13H,8-9,11H2,1-4H3,(H,20,23)(H,21,22). The van der Waals surface area contributed by atoms with Gasteiger partial charge in [-0.25, -0.2) is 4.39 Å². The summed E-state index contributed by atoms with van der Waals surface area (Å²) in [6.45, 7) is 7.33. The largest absolute Gasteiger partial charge is 0.481 e. The summed E-state index contributed by atoms with van der Waals surface area (Å²) in [7, 11) is 0. The molecule has 0 aliphatic rings. The van der Waals surface area contributed by atoms with Crippen molar-refractivity contribution >= 4 is 11.9 Å². The topological polar surface area (TPSA) is 66.4 Å². The van der Waals surface area contributed by atoms with Gasteiger partial charge in [-0.3, -0.25) is 9.59 Å². The molecule has 2 N–H and O–H groups in total. The van der Waals surface area contributed by atoms with Gasteiger partial charge in [-0.15, -0.1) is 0 Å². The third-order valence-corrected chi connectivity index (χ3v) is 4.40. The van der Waals surface area contributed by atoms with Gasteiger partial charge in [-0.2, -0.15) is 0 Å². The van der Waals surface area contributed by atoms with Crippen LogP contribution in [0.3, 0.4) is 0 Å². The lowest BCUT2D eigenvalue weighted by atomic mass is 9.84. The summed E-state index contributed by atoms with van der Waals surface area (Å²) in [4.78, 5) is 23.4. The third kappa shape index (κ3) is 6.00. The molecule has 0 spiro atoms. The molecule has 5 heteroatoms. The highest BCUT2D eigenvalue weighted by Gasteiger charge is 2.33. The number of carboxylic acids is 1. The monoisotopic (exact) mass is 323 g/mol. The van der Waals surface area contributed by atoms with Crippen molar-refractivity contribution in [1.29, 1.82) is 0 Å². The Morgan fingerprint density at radius 2 is 1.96 bits per heavy atom. The molecule has 128 valence electrons. The Hall–Kier alpha value is -1.91. The average Bonchev–Trinajstić information content (AvgIpc) is 2.43. The van der Waals surface area contributed by atoms with Crippen molar-refractivity contribution in [3.05, 3.63) is 35.6 Å². The minimum Gasteiger partial charge on any atom is -0.481 e. The van der Waals surface area contributed by atoms with E-state index in [2.05, 4.69) is 5.32 Å². The number of hydrogen-bond donors (Lipinski definition) is 2. The molecule has 0 saturated heterocycles. The van der Waals surface area contributed by atoms with Gasteiger partial charge in [0.25, 0.3) is 0 Å². The lowest BCUT2D eigenvalue weighted by Gasteiger charge is -2.34. The third-order valence-electron chi connectivity index (χ3n) is 4.40. The summed E-state index contributed by atoms with van der Waals surface area (Å²) in [5.74, 6) is -1.66. The zero-order valence-corrected chi connectivity index (χ0v) is 14.2. The van der Waals surface area contributed by atoms with E-state index in [1.54, 1.807) is 19.9 Å². The molecule has 1 aromatic rings. The van der Waals surface area contributed by atoms with E-state index in [9.17, 15) is 14.0 Å². The molecule has 4 nitrogen and oxygen atoms in total. The molecule has 0 bridgehead atoms. The maximum Gasteiger partial charge on any atom is 0.305 e. The van der Waals surface area contributed by atoms with Gasteiger partial charge in [-0.1, -0.05) is 32.9 Å². The average molecular weight is 323 g/mol. The normalized spacial score (nSPS) is 15.0. The van der Waals surface area contributed by atoms with E-state index in [0.29, 0.717) is 12.8 Å². The van der Waals surface area contributed by atoms with Crippen LogP contribution in [0.2, 0.25) is 0 Å². The van der Waals surface area contributed by atoms with Crippen LogP contribution in [0.15, 0.2) is 24.3 Å². The van der Waals surface area contributed by atoms with E-state index in [4.69, 9.17) is 5.11 Å². The second-order valence-electron chi connectivity index (χ2n) is 6.70. The van der Waals surface area contributed by atoms with Crippen LogP contribution in [0.5, 0.6) is 0 Å². The molecule has 1 rings (SSSR count). The molecule has 0 aromatic heterocycles. The number of carboxylic acid groups (broad SMARTS) is 1. The smallest absolute Gasteiger partial charge is 0.305 e. The summed E-state index contributed by atoms with van der Waals surface area (Å²) in [5, 5.41) is 11.9. The van der Waals surface area contributed by atoms with Crippen molar-refractivity contribution in [2.24, 2.45) is 11.8 Å². The van der Waals surface area contributed by atoms with Crippen molar-refractivity contribution in [1.82, 2.24) is 5.32 Å². The Morgan fingerprint density at radius 3 is 2.48 bits per heavy atom. The van der Waals surface area contributed by atoms with Crippen LogP contribution in [-0.2, 0) is 16.0 Å². The summed E-state index contributed by atoms with van der Waals surface area (Å²) in [6, 6.07) is 6.33. The summed E-state index contributed by atoms with van der Waals surface area (Å²) < 4.78 is 13.1. The molecule has 0 saturated carbocycles. The number of carbonyl (C=O) groups excluding carboxylic acids is 1. The van der Waals surface area contributed by atoms with Gasteiger partial charge in [0.15, 0.2) is 0 Å². The van der Waals surface area contributed by atoms with Crippen LogP contribution < -0.4 is 5.32 Å². The highest BCUT2D eigenvalue weighted by Crippen LogP contribution is 2.22. The van der Waals surface area contributed by atoms with Crippen LogP contribution in [0.1, 0.15) is 46.1 Å². The summed E-state index contributed by atoms with van der Waals surface area (Å²) >= 11 is 0. The molecule has 0 aliphatic heterocycles. The van der Waals surface area contributed by atoms with Gasteiger partial charge in [0, 0.05) is 11.5 Å². The predicted molar refractivity (Wildman–Crippen MR) is 87.5 cm³/mol. The Labute approximate surface area is 137 Å². The number of amides is 1. The second-order valence-corrected chi connectivity index (χ2v) is 6.70. The van der Waals surface area contributed by atoms with Crippen molar-refractivity contribution < 1.29 is 19.1 Å². The molecule has 0 heterocycles. The molecule has 1 aromatic carbocycles. The lowest BCUT2D eigenvalue weighted by molar-refractivity contribution is -0.139. The minimum atomic E-state index is -0.936. The minimum absolute atomic E-state index is 0.00188. The van der Waals surface area contributed by atoms with E-state index in [-0.39, 0.29) is 30.0 Å². The van der Waals surface area contributed by atoms with Gasteiger partial charge >= 0.3 is 5.97 Å². The predicted octanol–water partition coefficient (Wildman–Crippen LogP) is 3.40. The van der Waals surface area contributed by atoms with Crippen LogP contribution in [0, 0.1) is 17.7 Å². The molecule has 1 amide bonds.